The maximum absolute atomic E-state index is 6.06. The third kappa shape index (κ3) is 3.03. The van der Waals surface area contributed by atoms with Crippen LogP contribution >= 0.6 is 0 Å². The first-order chi connectivity index (χ1) is 8.70. The van der Waals surface area contributed by atoms with Gasteiger partial charge in [-0.15, -0.1) is 0 Å². The molecule has 0 aliphatic carbocycles. The Morgan fingerprint density at radius 1 is 1.61 bits per heavy atom. The Bertz CT molecular complexity index is 409. The Labute approximate surface area is 109 Å². The van der Waals surface area contributed by atoms with E-state index in [2.05, 4.69) is 33.3 Å². The molecule has 18 heavy (non-hydrogen) atoms. The van der Waals surface area contributed by atoms with Gasteiger partial charge < -0.3 is 15.2 Å². The van der Waals surface area contributed by atoms with E-state index in [9.17, 15) is 0 Å². The third-order valence-electron chi connectivity index (χ3n) is 3.51. The maximum Gasteiger partial charge on any atom is 0.191 e. The second-order valence-corrected chi connectivity index (χ2v) is 5.00. The second-order valence-electron chi connectivity index (χ2n) is 5.00. The highest BCUT2D eigenvalue weighted by atomic mass is 15.3. The Morgan fingerprint density at radius 3 is 3.17 bits per heavy atom. The zero-order chi connectivity index (χ0) is 13.0. The van der Waals surface area contributed by atoms with Crippen LogP contribution < -0.4 is 5.73 Å². The molecular weight excluding hydrogens is 226 g/mol. The molecule has 1 saturated heterocycles. The quantitative estimate of drug-likeness (QED) is 0.651. The summed E-state index contributed by atoms with van der Waals surface area (Å²) in [4.78, 5) is 11.0. The molecule has 1 aliphatic heterocycles. The van der Waals surface area contributed by atoms with Gasteiger partial charge in [0.15, 0.2) is 5.96 Å². The van der Waals surface area contributed by atoms with Gasteiger partial charge in [-0.3, -0.25) is 0 Å². The predicted molar refractivity (Wildman–Crippen MR) is 73.2 cm³/mol. The van der Waals surface area contributed by atoms with Gasteiger partial charge in [-0.1, -0.05) is 6.92 Å². The van der Waals surface area contributed by atoms with Crippen molar-refractivity contribution in [3.8, 4) is 0 Å². The van der Waals surface area contributed by atoms with E-state index in [0.717, 1.165) is 25.5 Å². The van der Waals surface area contributed by atoms with Crippen molar-refractivity contribution >= 4 is 5.96 Å². The molecule has 100 valence electrons. The summed E-state index contributed by atoms with van der Waals surface area (Å²) in [5.41, 5.74) is 6.06. The molecule has 0 amide bonds. The van der Waals surface area contributed by atoms with Crippen LogP contribution in [0.5, 0.6) is 0 Å². The number of nitrogens with two attached hydrogens (primary N) is 1. The van der Waals surface area contributed by atoms with Crippen molar-refractivity contribution in [2.24, 2.45) is 16.6 Å². The van der Waals surface area contributed by atoms with Crippen molar-refractivity contribution in [2.45, 2.75) is 39.8 Å². The second kappa shape index (κ2) is 5.89. The lowest BCUT2D eigenvalue weighted by Gasteiger charge is -2.31. The Morgan fingerprint density at radius 2 is 2.44 bits per heavy atom. The van der Waals surface area contributed by atoms with Crippen LogP contribution in [0.2, 0.25) is 0 Å². The summed E-state index contributed by atoms with van der Waals surface area (Å²) in [5.74, 6) is 2.35. The average Bonchev–Trinajstić information content (AvgIpc) is 2.83. The van der Waals surface area contributed by atoms with Crippen LogP contribution in [-0.2, 0) is 13.1 Å². The SMILES string of the molecule is CCn1ccnc1CN=C(N)N1CCCC(C)C1. The first kappa shape index (κ1) is 12.9. The molecule has 2 rings (SSSR count). The van der Waals surface area contributed by atoms with Crippen molar-refractivity contribution in [3.05, 3.63) is 18.2 Å². The maximum atomic E-state index is 6.06. The molecule has 2 N–H and O–H groups in total. The van der Waals surface area contributed by atoms with Gasteiger partial charge >= 0.3 is 0 Å². The lowest BCUT2D eigenvalue weighted by Crippen LogP contribution is -2.43. The van der Waals surface area contributed by atoms with E-state index in [1.165, 1.54) is 12.8 Å². The van der Waals surface area contributed by atoms with E-state index < -0.39 is 0 Å². The monoisotopic (exact) mass is 249 g/mol. The summed E-state index contributed by atoms with van der Waals surface area (Å²) in [7, 11) is 0. The largest absolute Gasteiger partial charge is 0.370 e. The zero-order valence-electron chi connectivity index (χ0n) is 11.3. The van der Waals surface area contributed by atoms with E-state index in [4.69, 9.17) is 5.73 Å². The van der Waals surface area contributed by atoms with Crippen molar-refractivity contribution in [2.75, 3.05) is 13.1 Å². The van der Waals surface area contributed by atoms with Crippen molar-refractivity contribution in [3.63, 3.8) is 0 Å². The van der Waals surface area contributed by atoms with Gasteiger partial charge in [0.2, 0.25) is 0 Å². The highest BCUT2D eigenvalue weighted by Gasteiger charge is 2.17. The van der Waals surface area contributed by atoms with E-state index >= 15 is 0 Å². The van der Waals surface area contributed by atoms with E-state index in [0.29, 0.717) is 18.4 Å². The Kier molecular flexibility index (Phi) is 4.23. The summed E-state index contributed by atoms with van der Waals surface area (Å²) < 4.78 is 2.09. The van der Waals surface area contributed by atoms with Gasteiger partial charge in [0.25, 0.3) is 0 Å². The number of hydrogen-bond acceptors (Lipinski definition) is 2. The normalized spacial score (nSPS) is 21.3. The van der Waals surface area contributed by atoms with Gasteiger partial charge in [0.05, 0.1) is 0 Å². The van der Waals surface area contributed by atoms with Crippen LogP contribution in [0.4, 0.5) is 0 Å². The van der Waals surface area contributed by atoms with Crippen molar-refractivity contribution < 1.29 is 0 Å². The topological polar surface area (TPSA) is 59.4 Å². The van der Waals surface area contributed by atoms with Gasteiger partial charge in [0.1, 0.15) is 12.4 Å². The number of aromatic nitrogens is 2. The van der Waals surface area contributed by atoms with E-state index in [1.54, 1.807) is 0 Å². The molecule has 0 saturated carbocycles. The van der Waals surface area contributed by atoms with Gasteiger partial charge in [-0.25, -0.2) is 9.98 Å². The van der Waals surface area contributed by atoms with E-state index in [-0.39, 0.29) is 0 Å². The van der Waals surface area contributed by atoms with Crippen LogP contribution in [0.3, 0.4) is 0 Å². The standard InChI is InChI=1S/C13H23N5/c1-3-17-8-6-15-12(17)9-16-13(14)18-7-4-5-11(2)10-18/h6,8,11H,3-5,7,9-10H2,1-2H3,(H2,14,16). The highest BCUT2D eigenvalue weighted by Crippen LogP contribution is 2.15. The molecule has 1 aromatic rings. The smallest absolute Gasteiger partial charge is 0.191 e. The van der Waals surface area contributed by atoms with Crippen LogP contribution in [-0.4, -0.2) is 33.5 Å². The molecule has 1 aliphatic rings. The predicted octanol–water partition coefficient (Wildman–Crippen LogP) is 1.45. The minimum atomic E-state index is 0.567. The molecule has 0 bridgehead atoms. The van der Waals surface area contributed by atoms with Crippen LogP contribution in [0.25, 0.3) is 0 Å². The fourth-order valence-corrected chi connectivity index (χ4v) is 2.43. The number of likely N-dealkylation sites (tertiary alicyclic amines) is 1. The number of guanidine groups is 1. The number of piperidine rings is 1. The van der Waals surface area contributed by atoms with Crippen LogP contribution in [0.1, 0.15) is 32.5 Å². The Balaban J connectivity index is 1.96. The molecule has 1 unspecified atom stereocenters. The molecule has 5 heteroatoms. The molecule has 1 aromatic heterocycles. The minimum absolute atomic E-state index is 0.567. The molecule has 0 radical (unpaired) electrons. The summed E-state index contributed by atoms with van der Waals surface area (Å²) in [6.45, 7) is 7.91. The number of rotatable bonds is 3. The number of nitrogens with zero attached hydrogens (tertiary/aromatic N) is 4. The summed E-state index contributed by atoms with van der Waals surface area (Å²) in [6.07, 6.45) is 6.29. The fraction of sp³-hybridized carbons (Fsp3) is 0.692. The van der Waals surface area contributed by atoms with Gasteiger partial charge in [-0.05, 0) is 25.7 Å². The lowest BCUT2D eigenvalue weighted by molar-refractivity contribution is 0.270. The number of hydrogen-bond donors (Lipinski definition) is 1. The molecule has 1 atom stereocenters. The molecule has 2 heterocycles. The zero-order valence-corrected chi connectivity index (χ0v) is 11.3. The first-order valence-electron chi connectivity index (χ1n) is 6.75. The molecular formula is C13H23N5. The average molecular weight is 249 g/mol. The van der Waals surface area contributed by atoms with Gasteiger partial charge in [-0.2, -0.15) is 0 Å². The lowest BCUT2D eigenvalue weighted by atomic mass is 10.0. The summed E-state index contributed by atoms with van der Waals surface area (Å²) in [5, 5.41) is 0. The number of aryl methyl sites for hydroxylation is 1. The summed E-state index contributed by atoms with van der Waals surface area (Å²) >= 11 is 0. The molecule has 1 fully saturated rings. The van der Waals surface area contributed by atoms with Gasteiger partial charge in [0, 0.05) is 32.0 Å². The van der Waals surface area contributed by atoms with Crippen molar-refractivity contribution in [1.29, 1.82) is 0 Å². The first-order valence-corrected chi connectivity index (χ1v) is 6.75. The molecule has 5 nitrogen and oxygen atoms in total. The minimum Gasteiger partial charge on any atom is -0.370 e. The number of imidazole rings is 1. The molecule has 0 spiro atoms. The van der Waals surface area contributed by atoms with E-state index in [1.807, 2.05) is 12.4 Å². The third-order valence-corrected chi connectivity index (χ3v) is 3.51. The number of aliphatic imine (C=N–C) groups is 1. The van der Waals surface area contributed by atoms with Crippen molar-refractivity contribution in [1.82, 2.24) is 14.5 Å². The summed E-state index contributed by atoms with van der Waals surface area (Å²) in [6, 6.07) is 0. The van der Waals surface area contributed by atoms with Crippen LogP contribution in [0, 0.1) is 5.92 Å². The highest BCUT2D eigenvalue weighted by molar-refractivity contribution is 5.78. The molecule has 0 aromatic carbocycles. The Hall–Kier alpha value is -1.52. The fourth-order valence-electron chi connectivity index (χ4n) is 2.43. The van der Waals surface area contributed by atoms with Crippen LogP contribution in [0.15, 0.2) is 17.4 Å².